The predicted molar refractivity (Wildman–Crippen MR) is 94.3 cm³/mol. The zero-order valence-corrected chi connectivity index (χ0v) is 15.1. The van der Waals surface area contributed by atoms with Crippen LogP contribution in [0.3, 0.4) is 0 Å². The predicted octanol–water partition coefficient (Wildman–Crippen LogP) is 0.145. The molecule has 25 heavy (non-hydrogen) atoms. The highest BCUT2D eigenvalue weighted by Crippen LogP contribution is 2.21. The van der Waals surface area contributed by atoms with Gasteiger partial charge in [-0.25, -0.2) is 0 Å². The molecule has 1 aromatic rings. The molecule has 0 saturated carbocycles. The number of nitrogens with zero attached hydrogens (tertiary/aromatic N) is 2. The maximum absolute atomic E-state index is 12.3. The molecule has 1 aliphatic heterocycles. The molecule has 1 aromatic carbocycles. The molecule has 2 N–H and O–H groups in total. The Kier molecular flexibility index (Phi) is 6.78. The lowest BCUT2D eigenvalue weighted by Gasteiger charge is -2.35. The van der Waals surface area contributed by atoms with Gasteiger partial charge < -0.3 is 20.1 Å². The van der Waals surface area contributed by atoms with E-state index in [4.69, 9.17) is 9.84 Å². The molecule has 138 valence electrons. The Bertz CT molecular complexity index is 620. The number of carbonyl (C=O) groups excluding carboxylic acids is 2. The number of hydrogen-bond acceptors (Lipinski definition) is 5. The Morgan fingerprint density at radius 3 is 2.88 bits per heavy atom. The standard InChI is InChI=1S/C18H27N3O4/c1-13-10-14(4-5-16(13)25-3)12-21-7-6-19-18(24)15(21)11-17(23)20(2)8-9-22/h4-5,10,15,22H,6-9,11-12H2,1-3H3,(H,19,24)/t15-/m1/s1. The van der Waals surface area contributed by atoms with Gasteiger partial charge >= 0.3 is 0 Å². The summed E-state index contributed by atoms with van der Waals surface area (Å²) < 4.78 is 5.28. The lowest BCUT2D eigenvalue weighted by molar-refractivity contribution is -0.138. The summed E-state index contributed by atoms with van der Waals surface area (Å²) in [6, 6.07) is 5.45. The van der Waals surface area contributed by atoms with E-state index < -0.39 is 6.04 Å². The van der Waals surface area contributed by atoms with Crippen LogP contribution < -0.4 is 10.1 Å². The molecule has 2 rings (SSSR count). The molecule has 0 spiro atoms. The van der Waals surface area contributed by atoms with E-state index in [0.29, 0.717) is 19.6 Å². The second kappa shape index (κ2) is 8.82. The van der Waals surface area contributed by atoms with Gasteiger partial charge in [-0.3, -0.25) is 14.5 Å². The van der Waals surface area contributed by atoms with Gasteiger partial charge in [-0.15, -0.1) is 0 Å². The maximum atomic E-state index is 12.3. The third kappa shape index (κ3) is 4.93. The van der Waals surface area contributed by atoms with Gasteiger partial charge in [-0.05, 0) is 24.1 Å². The number of aryl methyl sites for hydroxylation is 1. The Hall–Kier alpha value is -2.12. The van der Waals surface area contributed by atoms with Crippen molar-refractivity contribution in [2.24, 2.45) is 0 Å². The zero-order valence-electron chi connectivity index (χ0n) is 15.1. The number of aliphatic hydroxyl groups excluding tert-OH is 1. The van der Waals surface area contributed by atoms with Gasteiger partial charge in [0, 0.05) is 33.2 Å². The summed E-state index contributed by atoms with van der Waals surface area (Å²) in [4.78, 5) is 28.0. The molecule has 7 nitrogen and oxygen atoms in total. The van der Waals surface area contributed by atoms with Crippen LogP contribution in [0.4, 0.5) is 0 Å². The van der Waals surface area contributed by atoms with Crippen molar-refractivity contribution < 1.29 is 19.4 Å². The topological polar surface area (TPSA) is 82.1 Å². The molecule has 2 amide bonds. The van der Waals surface area contributed by atoms with Crippen molar-refractivity contribution in [1.29, 1.82) is 0 Å². The Morgan fingerprint density at radius 2 is 2.24 bits per heavy atom. The SMILES string of the molecule is COc1ccc(CN2CCNC(=O)[C@H]2CC(=O)N(C)CCO)cc1C. The van der Waals surface area contributed by atoms with E-state index >= 15 is 0 Å². The highest BCUT2D eigenvalue weighted by molar-refractivity contribution is 5.88. The van der Waals surface area contributed by atoms with Crippen LogP contribution in [0.15, 0.2) is 18.2 Å². The summed E-state index contributed by atoms with van der Waals surface area (Å²) in [7, 11) is 3.28. The van der Waals surface area contributed by atoms with E-state index in [2.05, 4.69) is 5.32 Å². The molecule has 0 unspecified atom stereocenters. The van der Waals surface area contributed by atoms with E-state index in [1.807, 2.05) is 30.0 Å². The van der Waals surface area contributed by atoms with Crippen molar-refractivity contribution in [2.75, 3.05) is 40.4 Å². The van der Waals surface area contributed by atoms with Gasteiger partial charge in [0.05, 0.1) is 26.2 Å². The molecule has 0 bridgehead atoms. The number of carbonyl (C=O) groups is 2. The average Bonchev–Trinajstić information content (AvgIpc) is 2.58. The number of nitrogens with one attached hydrogen (secondary N) is 1. The number of amides is 2. The van der Waals surface area contributed by atoms with Crippen LogP contribution in [0, 0.1) is 6.92 Å². The van der Waals surface area contributed by atoms with Crippen molar-refractivity contribution in [2.45, 2.75) is 25.9 Å². The fourth-order valence-electron chi connectivity index (χ4n) is 3.04. The molecule has 0 radical (unpaired) electrons. The van der Waals surface area contributed by atoms with Crippen LogP contribution >= 0.6 is 0 Å². The lowest BCUT2D eigenvalue weighted by Crippen LogP contribution is -2.56. The second-order valence-electron chi connectivity index (χ2n) is 6.32. The van der Waals surface area contributed by atoms with E-state index in [0.717, 1.165) is 16.9 Å². The van der Waals surface area contributed by atoms with Crippen LogP contribution in [-0.2, 0) is 16.1 Å². The maximum Gasteiger partial charge on any atom is 0.237 e. The van der Waals surface area contributed by atoms with Gasteiger partial charge in [0.15, 0.2) is 0 Å². The van der Waals surface area contributed by atoms with Crippen LogP contribution in [0.5, 0.6) is 5.75 Å². The molecule has 7 heteroatoms. The normalized spacial score (nSPS) is 17.9. The van der Waals surface area contributed by atoms with Crippen molar-refractivity contribution in [3.63, 3.8) is 0 Å². The van der Waals surface area contributed by atoms with E-state index in [9.17, 15) is 9.59 Å². The number of piperazine rings is 1. The van der Waals surface area contributed by atoms with Crippen molar-refractivity contribution in [1.82, 2.24) is 15.1 Å². The van der Waals surface area contributed by atoms with E-state index in [1.54, 1.807) is 14.2 Å². The molecule has 1 fully saturated rings. The smallest absolute Gasteiger partial charge is 0.237 e. The highest BCUT2D eigenvalue weighted by Gasteiger charge is 2.32. The largest absolute Gasteiger partial charge is 0.496 e. The lowest BCUT2D eigenvalue weighted by atomic mass is 10.0. The van der Waals surface area contributed by atoms with Gasteiger partial charge in [-0.1, -0.05) is 12.1 Å². The Morgan fingerprint density at radius 1 is 1.48 bits per heavy atom. The Labute approximate surface area is 148 Å². The van der Waals surface area contributed by atoms with Crippen molar-refractivity contribution in [3.8, 4) is 5.75 Å². The van der Waals surface area contributed by atoms with Gasteiger partial charge in [0.2, 0.25) is 11.8 Å². The third-order valence-electron chi connectivity index (χ3n) is 4.52. The fraction of sp³-hybridized carbons (Fsp3) is 0.556. The average molecular weight is 349 g/mol. The molecule has 0 aliphatic carbocycles. The minimum atomic E-state index is -0.496. The summed E-state index contributed by atoms with van der Waals surface area (Å²) in [6.07, 6.45) is 0.109. The van der Waals surface area contributed by atoms with Crippen LogP contribution in [0.25, 0.3) is 0 Å². The zero-order chi connectivity index (χ0) is 18.4. The molecular formula is C18H27N3O4. The first-order valence-corrected chi connectivity index (χ1v) is 8.46. The molecule has 1 heterocycles. The first-order chi connectivity index (χ1) is 12.0. The second-order valence-corrected chi connectivity index (χ2v) is 6.32. The van der Waals surface area contributed by atoms with Crippen LogP contribution in [0.2, 0.25) is 0 Å². The summed E-state index contributed by atoms with van der Waals surface area (Å²) in [5.74, 6) is 0.562. The molecule has 1 aliphatic rings. The minimum Gasteiger partial charge on any atom is -0.496 e. The summed E-state index contributed by atoms with van der Waals surface area (Å²) in [5, 5.41) is 11.8. The van der Waals surface area contributed by atoms with E-state index in [-0.39, 0.29) is 31.4 Å². The summed E-state index contributed by atoms with van der Waals surface area (Å²) in [5.41, 5.74) is 2.12. The molecular weight excluding hydrogens is 322 g/mol. The van der Waals surface area contributed by atoms with E-state index in [1.165, 1.54) is 4.90 Å². The third-order valence-corrected chi connectivity index (χ3v) is 4.52. The van der Waals surface area contributed by atoms with Crippen molar-refractivity contribution in [3.05, 3.63) is 29.3 Å². The number of likely N-dealkylation sites (N-methyl/N-ethyl adjacent to an activating group) is 1. The first kappa shape index (κ1) is 19.2. The summed E-state index contributed by atoms with van der Waals surface area (Å²) in [6.45, 7) is 4.03. The molecule has 0 aromatic heterocycles. The number of hydrogen-bond donors (Lipinski definition) is 2. The van der Waals surface area contributed by atoms with Gasteiger partial charge in [-0.2, -0.15) is 0 Å². The minimum absolute atomic E-state index is 0.0893. The number of ether oxygens (including phenoxy) is 1. The quantitative estimate of drug-likeness (QED) is 0.732. The van der Waals surface area contributed by atoms with Gasteiger partial charge in [0.25, 0.3) is 0 Å². The molecule has 1 atom stereocenters. The summed E-state index contributed by atoms with van der Waals surface area (Å²) >= 11 is 0. The van der Waals surface area contributed by atoms with Gasteiger partial charge in [0.1, 0.15) is 5.75 Å². The first-order valence-electron chi connectivity index (χ1n) is 8.46. The highest BCUT2D eigenvalue weighted by atomic mass is 16.5. The number of methoxy groups -OCH3 is 1. The monoisotopic (exact) mass is 349 g/mol. The number of rotatable bonds is 7. The molecule has 1 saturated heterocycles. The Balaban J connectivity index is 2.09. The fourth-order valence-corrected chi connectivity index (χ4v) is 3.04. The van der Waals surface area contributed by atoms with Crippen LogP contribution in [-0.4, -0.2) is 73.2 Å². The number of benzene rings is 1. The number of aliphatic hydroxyl groups is 1. The van der Waals surface area contributed by atoms with Crippen LogP contribution in [0.1, 0.15) is 17.5 Å². The van der Waals surface area contributed by atoms with Crippen molar-refractivity contribution >= 4 is 11.8 Å².